The first-order chi connectivity index (χ1) is 16.8. The maximum absolute atomic E-state index is 13.7. The normalized spacial score (nSPS) is 19.0. The number of thiophene rings is 1. The Morgan fingerprint density at radius 2 is 1.80 bits per heavy atom. The minimum atomic E-state index is -3.11. The first-order valence-corrected chi connectivity index (χ1v) is 14.7. The second-order valence-corrected chi connectivity index (χ2v) is 12.8. The number of benzene rings is 1. The number of carbonyl (C=O) groups is 1. The first kappa shape index (κ1) is 23.8. The smallest absolute Gasteiger partial charge is 0.257 e. The van der Waals surface area contributed by atoms with Gasteiger partial charge in [-0.3, -0.25) is 9.78 Å². The highest BCUT2D eigenvalue weighted by molar-refractivity contribution is 7.91. The Kier molecular flexibility index (Phi) is 6.28. The van der Waals surface area contributed by atoms with Gasteiger partial charge < -0.3 is 9.80 Å². The molecule has 2 saturated heterocycles. The third kappa shape index (κ3) is 4.41. The maximum atomic E-state index is 13.7. The van der Waals surface area contributed by atoms with Crippen molar-refractivity contribution in [2.24, 2.45) is 0 Å². The van der Waals surface area contributed by atoms with Crippen LogP contribution in [0.15, 0.2) is 48.0 Å². The topological polar surface area (TPSA) is 94.4 Å². The van der Waals surface area contributed by atoms with Gasteiger partial charge in [0.15, 0.2) is 0 Å². The van der Waals surface area contributed by atoms with Crippen LogP contribution in [0, 0.1) is 11.3 Å². The van der Waals surface area contributed by atoms with E-state index in [1.807, 2.05) is 41.8 Å². The molecule has 1 amide bonds. The third-order valence-corrected chi connectivity index (χ3v) is 10.1. The number of piperidine rings is 2. The molecule has 4 heterocycles. The number of hydrogen-bond acceptors (Lipinski definition) is 7. The molecule has 2 aliphatic heterocycles. The summed E-state index contributed by atoms with van der Waals surface area (Å²) >= 11 is 1.57. The van der Waals surface area contributed by atoms with Gasteiger partial charge in [0, 0.05) is 38.6 Å². The molecule has 35 heavy (non-hydrogen) atoms. The summed E-state index contributed by atoms with van der Waals surface area (Å²) < 4.78 is 24.9. The molecule has 0 atom stereocenters. The van der Waals surface area contributed by atoms with Gasteiger partial charge in [0.25, 0.3) is 5.91 Å². The summed E-state index contributed by atoms with van der Waals surface area (Å²) in [6, 6.07) is 14.5. The Balaban J connectivity index is 1.43. The summed E-state index contributed by atoms with van der Waals surface area (Å²) in [5.74, 6) is -0.102. The molecule has 5 rings (SSSR count). The summed E-state index contributed by atoms with van der Waals surface area (Å²) in [5.41, 5.74) is 2.82. The maximum Gasteiger partial charge on any atom is 0.257 e. The lowest BCUT2D eigenvalue weighted by molar-refractivity contribution is 0.0726. The molecule has 9 heteroatoms. The molecule has 0 N–H and O–H groups in total. The lowest BCUT2D eigenvalue weighted by atomic mass is 9.74. The summed E-state index contributed by atoms with van der Waals surface area (Å²) in [4.78, 5) is 22.2. The first-order valence-electron chi connectivity index (χ1n) is 11.9. The van der Waals surface area contributed by atoms with Crippen LogP contribution in [0.25, 0.3) is 10.2 Å². The van der Waals surface area contributed by atoms with Crippen LogP contribution < -0.4 is 4.90 Å². The van der Waals surface area contributed by atoms with Crippen LogP contribution in [0.2, 0.25) is 0 Å². The van der Waals surface area contributed by atoms with Crippen LogP contribution in [0.1, 0.15) is 41.6 Å². The average molecular weight is 509 g/mol. The minimum absolute atomic E-state index is 0.102. The van der Waals surface area contributed by atoms with E-state index in [4.69, 9.17) is 0 Å². The molecule has 0 aliphatic carbocycles. The van der Waals surface area contributed by atoms with Crippen LogP contribution in [-0.2, 0) is 15.3 Å². The van der Waals surface area contributed by atoms with E-state index in [1.165, 1.54) is 6.26 Å². The highest BCUT2D eigenvalue weighted by Crippen LogP contribution is 2.41. The third-order valence-electron chi connectivity index (χ3n) is 7.49. The summed E-state index contributed by atoms with van der Waals surface area (Å²) in [5, 5.41) is 11.7. The van der Waals surface area contributed by atoms with Gasteiger partial charge in [-0.15, -0.1) is 11.3 Å². The highest BCUT2D eigenvalue weighted by atomic mass is 32.2. The van der Waals surface area contributed by atoms with Gasteiger partial charge in [0.2, 0.25) is 0 Å². The quantitative estimate of drug-likeness (QED) is 0.529. The number of nitrogens with zero attached hydrogens (tertiary/aromatic N) is 4. The summed E-state index contributed by atoms with van der Waals surface area (Å²) in [6.45, 7) is 2.17. The minimum Gasteiger partial charge on any atom is -0.369 e. The Hall–Kier alpha value is -2.96. The lowest BCUT2D eigenvalue weighted by Gasteiger charge is -2.40. The number of sulfone groups is 1. The standard InChI is InChI=1S/C26H28N4O3S2/c1-35(32,33)20-7-12-30(13-8-20)25(31)21-17-28-22-9-16-34-24(22)23(21)29-14-10-26(18-27,11-15-29)19-5-3-2-4-6-19/h2-6,9,16-17,20H,7-8,10-15H2,1H3. The Morgan fingerprint density at radius 1 is 1.11 bits per heavy atom. The van der Waals surface area contributed by atoms with Crippen molar-refractivity contribution in [2.75, 3.05) is 37.3 Å². The van der Waals surface area contributed by atoms with Crippen LogP contribution in [-0.4, -0.2) is 61.9 Å². The largest absolute Gasteiger partial charge is 0.369 e. The molecule has 2 aliphatic rings. The van der Waals surface area contributed by atoms with E-state index in [-0.39, 0.29) is 11.2 Å². The van der Waals surface area contributed by atoms with E-state index in [9.17, 15) is 18.5 Å². The van der Waals surface area contributed by atoms with E-state index in [1.54, 1.807) is 22.4 Å². The van der Waals surface area contributed by atoms with Crippen molar-refractivity contribution in [3.8, 4) is 6.07 Å². The molecule has 0 bridgehead atoms. The number of pyridine rings is 1. The number of likely N-dealkylation sites (tertiary alicyclic amines) is 1. The molecule has 7 nitrogen and oxygen atoms in total. The van der Waals surface area contributed by atoms with Crippen molar-refractivity contribution in [1.29, 1.82) is 5.26 Å². The van der Waals surface area contributed by atoms with Gasteiger partial charge in [-0.05, 0) is 42.7 Å². The fourth-order valence-electron chi connectivity index (χ4n) is 5.36. The number of aromatic nitrogens is 1. The zero-order valence-corrected chi connectivity index (χ0v) is 21.3. The van der Waals surface area contributed by atoms with Gasteiger partial charge in [-0.1, -0.05) is 30.3 Å². The number of nitriles is 1. The zero-order valence-electron chi connectivity index (χ0n) is 19.7. The van der Waals surface area contributed by atoms with Crippen molar-refractivity contribution in [1.82, 2.24) is 9.88 Å². The number of rotatable bonds is 4. The molecule has 0 spiro atoms. The Labute approximate surface area is 209 Å². The zero-order chi connectivity index (χ0) is 24.6. The molecular formula is C26H28N4O3S2. The van der Waals surface area contributed by atoms with E-state index in [0.29, 0.717) is 57.4 Å². The molecule has 1 aromatic carbocycles. The van der Waals surface area contributed by atoms with Crippen molar-refractivity contribution in [2.45, 2.75) is 36.3 Å². The van der Waals surface area contributed by atoms with Crippen molar-refractivity contribution in [3.05, 3.63) is 59.1 Å². The second-order valence-electron chi connectivity index (χ2n) is 9.52. The molecule has 0 saturated carbocycles. The molecule has 2 fully saturated rings. The van der Waals surface area contributed by atoms with Crippen LogP contribution in [0.5, 0.6) is 0 Å². The highest BCUT2D eigenvalue weighted by Gasteiger charge is 2.38. The lowest BCUT2D eigenvalue weighted by Crippen LogP contribution is -2.44. The van der Waals surface area contributed by atoms with Gasteiger partial charge in [-0.25, -0.2) is 8.42 Å². The molecule has 0 unspecified atom stereocenters. The van der Waals surface area contributed by atoms with E-state index in [0.717, 1.165) is 21.5 Å². The summed E-state index contributed by atoms with van der Waals surface area (Å²) in [7, 11) is -3.11. The van der Waals surface area contributed by atoms with Crippen molar-refractivity contribution >= 4 is 43.0 Å². The van der Waals surface area contributed by atoms with Gasteiger partial charge in [0.1, 0.15) is 9.84 Å². The predicted octanol–water partition coefficient (Wildman–Crippen LogP) is 4.01. The van der Waals surface area contributed by atoms with E-state index < -0.39 is 15.3 Å². The van der Waals surface area contributed by atoms with Gasteiger partial charge >= 0.3 is 0 Å². The van der Waals surface area contributed by atoms with Crippen LogP contribution in [0.3, 0.4) is 0 Å². The second kappa shape index (κ2) is 9.25. The fraction of sp³-hybridized carbons (Fsp3) is 0.423. The molecule has 3 aromatic rings. The molecule has 2 aromatic heterocycles. The van der Waals surface area contributed by atoms with Gasteiger partial charge in [0.05, 0.1) is 38.2 Å². The SMILES string of the molecule is CS(=O)(=O)C1CCN(C(=O)c2cnc3ccsc3c2N2CCC(C#N)(c3ccccc3)CC2)CC1. The van der Waals surface area contributed by atoms with Crippen LogP contribution >= 0.6 is 11.3 Å². The fourth-order valence-corrected chi connectivity index (χ4v) is 7.35. The number of carbonyl (C=O) groups excluding carboxylic acids is 1. The molecule has 182 valence electrons. The molecular weight excluding hydrogens is 480 g/mol. The predicted molar refractivity (Wildman–Crippen MR) is 139 cm³/mol. The van der Waals surface area contributed by atoms with Crippen molar-refractivity contribution in [3.63, 3.8) is 0 Å². The number of amides is 1. The monoisotopic (exact) mass is 508 g/mol. The van der Waals surface area contributed by atoms with Crippen molar-refractivity contribution < 1.29 is 13.2 Å². The number of hydrogen-bond donors (Lipinski definition) is 0. The molecule has 0 radical (unpaired) electrons. The number of anilines is 1. The Morgan fingerprint density at radius 3 is 2.43 bits per heavy atom. The van der Waals surface area contributed by atoms with Crippen LogP contribution in [0.4, 0.5) is 5.69 Å². The van der Waals surface area contributed by atoms with E-state index >= 15 is 0 Å². The summed E-state index contributed by atoms with van der Waals surface area (Å²) in [6.07, 6.45) is 5.21. The van der Waals surface area contributed by atoms with E-state index in [2.05, 4.69) is 16.0 Å². The van der Waals surface area contributed by atoms with Gasteiger partial charge in [-0.2, -0.15) is 5.26 Å². The average Bonchev–Trinajstić information content (AvgIpc) is 3.37. The number of fused-ring (bicyclic) bond motifs is 1. The Bertz CT molecular complexity index is 1380.